The minimum absolute atomic E-state index is 0.00304. The van der Waals surface area contributed by atoms with Gasteiger partial charge in [0.05, 0.1) is 37.5 Å². The van der Waals surface area contributed by atoms with Crippen LogP contribution in [0, 0.1) is 29.4 Å². The second kappa shape index (κ2) is 20.5. The van der Waals surface area contributed by atoms with Crippen molar-refractivity contribution in [3.8, 4) is 5.75 Å². The number of carboxylic acids is 2. The number of carboxylic acid groups (broad SMARTS) is 2. The number of ether oxygens (including phenoxy) is 1. The van der Waals surface area contributed by atoms with E-state index < -0.39 is 89.7 Å². The van der Waals surface area contributed by atoms with E-state index in [1.54, 1.807) is 18.7 Å². The number of hydrogen-bond donors (Lipinski definition) is 6. The van der Waals surface area contributed by atoms with Gasteiger partial charge in [0.1, 0.15) is 23.4 Å². The van der Waals surface area contributed by atoms with Crippen LogP contribution in [0.15, 0.2) is 36.4 Å². The van der Waals surface area contributed by atoms with E-state index >= 15 is 0 Å². The summed E-state index contributed by atoms with van der Waals surface area (Å²) in [4.78, 5) is 78.8. The van der Waals surface area contributed by atoms with Crippen molar-refractivity contribution in [3.63, 3.8) is 0 Å². The van der Waals surface area contributed by atoms with Crippen LogP contribution in [0.2, 0.25) is 0 Å². The molecule has 2 aromatic carbocycles. The first-order chi connectivity index (χ1) is 25.9. The summed E-state index contributed by atoms with van der Waals surface area (Å²) in [7, 11) is 1.37. The van der Waals surface area contributed by atoms with Gasteiger partial charge in [0.2, 0.25) is 11.8 Å². The molecule has 1 aliphatic rings. The highest BCUT2D eigenvalue weighted by molar-refractivity contribution is 6.00. The molecule has 55 heavy (non-hydrogen) atoms. The van der Waals surface area contributed by atoms with Gasteiger partial charge in [0, 0.05) is 36.3 Å². The summed E-state index contributed by atoms with van der Waals surface area (Å²) in [5, 5.41) is 38.3. The van der Waals surface area contributed by atoms with Gasteiger partial charge in [-0.05, 0) is 80.3 Å². The zero-order chi connectivity index (χ0) is 41.0. The number of rotatable bonds is 19. The Hall–Kier alpha value is -5.12. The average Bonchev–Trinajstić information content (AvgIpc) is 3.12. The number of amides is 4. The lowest BCUT2D eigenvalue weighted by atomic mass is 9.78. The number of carbonyl (C=O) groups excluding carboxylic acids is 4. The zero-order valence-electron chi connectivity index (χ0n) is 31.8. The predicted octanol–water partition coefficient (Wildman–Crippen LogP) is 3.54. The molecule has 0 spiro atoms. The maximum atomic E-state index is 14.2. The molecule has 14 nitrogen and oxygen atoms in total. The van der Waals surface area contributed by atoms with E-state index in [2.05, 4.69) is 16.0 Å². The Morgan fingerprint density at radius 2 is 1.40 bits per heavy atom. The number of hydrogen-bond acceptors (Lipinski definition) is 8. The van der Waals surface area contributed by atoms with Gasteiger partial charge in [-0.2, -0.15) is 0 Å². The molecule has 0 aliphatic heterocycles. The maximum Gasteiger partial charge on any atom is 0.306 e. The molecule has 0 heterocycles. The molecule has 3 rings (SSSR count). The lowest BCUT2D eigenvalue weighted by molar-refractivity contribution is -0.149. The van der Waals surface area contributed by atoms with Crippen molar-refractivity contribution in [2.45, 2.75) is 96.9 Å². The molecule has 1 saturated carbocycles. The smallest absolute Gasteiger partial charge is 0.306 e. The van der Waals surface area contributed by atoms with Crippen molar-refractivity contribution in [2.75, 3.05) is 20.2 Å². The van der Waals surface area contributed by atoms with Crippen LogP contribution in [0.25, 0.3) is 0 Å². The molecule has 0 bridgehead atoms. The fraction of sp³-hybridized carbons (Fsp3) is 0.538. The fourth-order valence-corrected chi connectivity index (χ4v) is 6.76. The average molecular weight is 775 g/mol. The van der Waals surface area contributed by atoms with Crippen LogP contribution in [-0.2, 0) is 25.6 Å². The van der Waals surface area contributed by atoms with Crippen LogP contribution in [0.1, 0.15) is 92.5 Å². The standard InChI is InChI=1S/C39H52F2N4O10/c1-6-8-45(9-7-2)37(50)24-13-23(17-30(18-24)55-5)35(48)43-31(12-22-10-27(40)19-28(41)11-22)32(46)20-33(47)44-34(21(3)4)36(49)42-29-15-25(38(51)52)14-26(16-29)39(53)54/h10-11,13,17-19,21,25-26,29,31-32,34,46H,6-9,12,14-16,20H2,1-5H3,(H,42,49)(H,43,48)(H,44,47)(H,51,52)(H,53,54)/t25?,26?,29?,31-,32-,34-/m0/s1. The Labute approximate surface area is 319 Å². The van der Waals surface area contributed by atoms with Crippen LogP contribution < -0.4 is 20.7 Å². The minimum Gasteiger partial charge on any atom is -0.497 e. The summed E-state index contributed by atoms with van der Waals surface area (Å²) in [6, 6.07) is 3.66. The summed E-state index contributed by atoms with van der Waals surface area (Å²) < 4.78 is 33.7. The summed E-state index contributed by atoms with van der Waals surface area (Å²) >= 11 is 0. The molecule has 2 unspecified atom stereocenters. The fourth-order valence-electron chi connectivity index (χ4n) is 6.76. The molecule has 1 aliphatic carbocycles. The van der Waals surface area contributed by atoms with E-state index in [-0.39, 0.29) is 54.0 Å². The Morgan fingerprint density at radius 3 is 1.91 bits per heavy atom. The van der Waals surface area contributed by atoms with Crippen LogP contribution in [0.3, 0.4) is 0 Å². The number of nitrogens with one attached hydrogen (secondary N) is 3. The Bertz CT molecular complexity index is 1660. The summed E-state index contributed by atoms with van der Waals surface area (Å²) in [5.74, 6) is -9.03. The van der Waals surface area contributed by atoms with Gasteiger partial charge in [-0.3, -0.25) is 28.8 Å². The summed E-state index contributed by atoms with van der Waals surface area (Å²) in [5.41, 5.74) is 0.223. The summed E-state index contributed by atoms with van der Waals surface area (Å²) in [6.45, 7) is 8.12. The number of aliphatic hydroxyl groups is 1. The van der Waals surface area contributed by atoms with Gasteiger partial charge in [-0.25, -0.2) is 8.78 Å². The molecule has 0 aromatic heterocycles. The topological polar surface area (TPSA) is 212 Å². The third-order valence-corrected chi connectivity index (χ3v) is 9.50. The van der Waals surface area contributed by atoms with E-state index in [1.807, 2.05) is 13.8 Å². The number of carbonyl (C=O) groups is 6. The van der Waals surface area contributed by atoms with Gasteiger partial charge in [0.15, 0.2) is 0 Å². The Morgan fingerprint density at radius 1 is 0.836 bits per heavy atom. The maximum absolute atomic E-state index is 14.2. The lowest BCUT2D eigenvalue weighted by Gasteiger charge is -2.33. The molecule has 16 heteroatoms. The molecular weight excluding hydrogens is 722 g/mol. The van der Waals surface area contributed by atoms with Crippen molar-refractivity contribution in [1.29, 1.82) is 0 Å². The lowest BCUT2D eigenvalue weighted by Crippen LogP contribution is -2.55. The van der Waals surface area contributed by atoms with Crippen LogP contribution in [0.4, 0.5) is 8.78 Å². The number of methoxy groups -OCH3 is 1. The normalized spacial score (nSPS) is 18.4. The van der Waals surface area contributed by atoms with E-state index in [0.29, 0.717) is 32.0 Å². The first-order valence-corrected chi connectivity index (χ1v) is 18.4. The third-order valence-electron chi connectivity index (χ3n) is 9.50. The molecule has 4 amide bonds. The molecule has 6 N–H and O–H groups in total. The molecule has 5 atom stereocenters. The third kappa shape index (κ3) is 13.0. The highest BCUT2D eigenvalue weighted by Gasteiger charge is 2.38. The highest BCUT2D eigenvalue weighted by Crippen LogP contribution is 2.30. The van der Waals surface area contributed by atoms with Crippen LogP contribution in [-0.4, -0.2) is 100 Å². The van der Waals surface area contributed by atoms with E-state index in [9.17, 15) is 52.9 Å². The van der Waals surface area contributed by atoms with E-state index in [0.717, 1.165) is 12.1 Å². The number of nitrogens with zero attached hydrogens (tertiary/aromatic N) is 1. The van der Waals surface area contributed by atoms with Gasteiger partial charge < -0.3 is 40.9 Å². The van der Waals surface area contributed by atoms with Crippen LogP contribution in [0.5, 0.6) is 5.75 Å². The number of benzene rings is 2. The quantitative estimate of drug-likeness (QED) is 0.122. The van der Waals surface area contributed by atoms with Crippen molar-refractivity contribution >= 4 is 35.6 Å². The molecule has 2 aromatic rings. The summed E-state index contributed by atoms with van der Waals surface area (Å²) in [6.07, 6.45) is -1.31. The van der Waals surface area contributed by atoms with E-state index in [4.69, 9.17) is 4.74 Å². The molecule has 302 valence electrons. The number of aliphatic hydroxyl groups excluding tert-OH is 1. The van der Waals surface area contributed by atoms with Crippen LogP contribution >= 0.6 is 0 Å². The minimum atomic E-state index is -1.66. The van der Waals surface area contributed by atoms with Gasteiger partial charge in [-0.1, -0.05) is 27.7 Å². The van der Waals surface area contributed by atoms with Gasteiger partial charge in [-0.15, -0.1) is 0 Å². The monoisotopic (exact) mass is 774 g/mol. The Balaban J connectivity index is 1.84. The molecule has 0 radical (unpaired) electrons. The molecule has 0 saturated heterocycles. The zero-order valence-corrected chi connectivity index (χ0v) is 31.8. The SMILES string of the molecule is CCCN(CCC)C(=O)c1cc(OC)cc(C(=O)N[C@@H](Cc2cc(F)cc(F)c2)[C@@H](O)CC(=O)N[C@H](C(=O)NC2CC(C(=O)O)CC(C(=O)O)C2)C(C)C)c1. The second-order valence-corrected chi connectivity index (χ2v) is 14.3. The largest absolute Gasteiger partial charge is 0.497 e. The highest BCUT2D eigenvalue weighted by atomic mass is 19.1. The molecular formula is C39H52F2N4O10. The van der Waals surface area contributed by atoms with Crippen molar-refractivity contribution in [3.05, 3.63) is 64.7 Å². The van der Waals surface area contributed by atoms with Gasteiger partial charge in [0.25, 0.3) is 11.8 Å². The van der Waals surface area contributed by atoms with Crippen molar-refractivity contribution in [2.24, 2.45) is 17.8 Å². The van der Waals surface area contributed by atoms with Crippen molar-refractivity contribution in [1.82, 2.24) is 20.9 Å². The second-order valence-electron chi connectivity index (χ2n) is 14.3. The predicted molar refractivity (Wildman–Crippen MR) is 196 cm³/mol. The number of halogens is 2. The molecule has 1 fully saturated rings. The van der Waals surface area contributed by atoms with E-state index in [1.165, 1.54) is 25.3 Å². The Kier molecular flexibility index (Phi) is 16.5. The van der Waals surface area contributed by atoms with Crippen molar-refractivity contribution < 1.29 is 57.6 Å². The van der Waals surface area contributed by atoms with Gasteiger partial charge >= 0.3 is 11.9 Å². The first kappa shape index (κ1) is 44.3. The first-order valence-electron chi connectivity index (χ1n) is 18.4. The number of aliphatic carboxylic acids is 2.